The number of nitrogens with zero attached hydrogens (tertiary/aromatic N) is 1. The number of nitro groups is 1. The van der Waals surface area contributed by atoms with E-state index < -0.39 is 10.9 Å². The Hall–Kier alpha value is -2.41. The fraction of sp³-hybridized carbons (Fsp3) is 0.188. The van der Waals surface area contributed by atoms with E-state index in [1.807, 2.05) is 31.2 Å². The number of hydrogen-bond donors (Lipinski definition) is 0. The van der Waals surface area contributed by atoms with Gasteiger partial charge in [0.25, 0.3) is 5.69 Å². The summed E-state index contributed by atoms with van der Waals surface area (Å²) in [5.74, 6) is 0.0943. The summed E-state index contributed by atoms with van der Waals surface area (Å²) in [6.45, 7) is 2.18. The quantitative estimate of drug-likeness (QED) is 0.329. The number of benzene rings is 2. The van der Waals surface area contributed by atoms with Crippen LogP contribution in [-0.2, 0) is 4.74 Å². The van der Waals surface area contributed by atoms with Gasteiger partial charge in [0.1, 0.15) is 19.0 Å². The van der Waals surface area contributed by atoms with E-state index in [4.69, 9.17) is 9.47 Å². The lowest BCUT2D eigenvalue weighted by Gasteiger charge is -2.09. The minimum absolute atomic E-state index is 0.0526. The summed E-state index contributed by atoms with van der Waals surface area (Å²) >= 11 is 3.06. The summed E-state index contributed by atoms with van der Waals surface area (Å²) in [5.41, 5.74) is 0.925. The Balaban J connectivity index is 1.89. The van der Waals surface area contributed by atoms with E-state index in [2.05, 4.69) is 15.9 Å². The maximum atomic E-state index is 11.9. The van der Waals surface area contributed by atoms with Gasteiger partial charge in [0.2, 0.25) is 0 Å². The van der Waals surface area contributed by atoms with Crippen LogP contribution >= 0.6 is 15.9 Å². The molecule has 0 spiro atoms. The topological polar surface area (TPSA) is 78.7 Å². The second-order valence-electron chi connectivity index (χ2n) is 4.67. The minimum atomic E-state index is -0.631. The molecule has 2 aromatic rings. The average Bonchev–Trinajstić information content (AvgIpc) is 2.53. The van der Waals surface area contributed by atoms with Gasteiger partial charge in [-0.2, -0.15) is 0 Å². The molecule has 0 amide bonds. The first kappa shape index (κ1) is 17.0. The molecule has 0 atom stereocenters. The number of ether oxygens (including phenoxy) is 2. The van der Waals surface area contributed by atoms with Gasteiger partial charge in [0.05, 0.1) is 15.0 Å². The van der Waals surface area contributed by atoms with E-state index in [-0.39, 0.29) is 24.5 Å². The number of nitro benzene ring substituents is 1. The van der Waals surface area contributed by atoms with Crippen LogP contribution in [0, 0.1) is 17.0 Å². The lowest BCUT2D eigenvalue weighted by Crippen LogP contribution is -2.13. The molecule has 0 fully saturated rings. The summed E-state index contributed by atoms with van der Waals surface area (Å²) in [5, 5.41) is 10.8. The highest BCUT2D eigenvalue weighted by molar-refractivity contribution is 9.10. The van der Waals surface area contributed by atoms with Crippen molar-refractivity contribution >= 4 is 27.6 Å². The second kappa shape index (κ2) is 7.73. The maximum absolute atomic E-state index is 11.9. The highest BCUT2D eigenvalue weighted by atomic mass is 79.9. The van der Waals surface area contributed by atoms with Crippen molar-refractivity contribution in [2.45, 2.75) is 6.92 Å². The number of hydrogen-bond acceptors (Lipinski definition) is 5. The molecule has 120 valence electrons. The highest BCUT2D eigenvalue weighted by Gasteiger charge is 2.16. The van der Waals surface area contributed by atoms with Gasteiger partial charge in [-0.3, -0.25) is 10.1 Å². The Kier molecular flexibility index (Phi) is 5.70. The highest BCUT2D eigenvalue weighted by Crippen LogP contribution is 2.25. The van der Waals surface area contributed by atoms with Gasteiger partial charge in [-0.15, -0.1) is 0 Å². The summed E-state index contributed by atoms with van der Waals surface area (Å²) in [7, 11) is 0. The van der Waals surface area contributed by atoms with Gasteiger partial charge in [0, 0.05) is 6.07 Å². The summed E-state index contributed by atoms with van der Waals surface area (Å²) in [4.78, 5) is 22.2. The maximum Gasteiger partial charge on any atom is 0.338 e. The zero-order chi connectivity index (χ0) is 16.8. The van der Waals surface area contributed by atoms with Gasteiger partial charge in [-0.05, 0) is 46.6 Å². The number of rotatable bonds is 6. The summed E-state index contributed by atoms with van der Waals surface area (Å²) < 4.78 is 10.9. The van der Waals surface area contributed by atoms with Crippen molar-refractivity contribution in [2.24, 2.45) is 0 Å². The van der Waals surface area contributed by atoms with Gasteiger partial charge in [-0.1, -0.05) is 18.2 Å². The molecular formula is C16H14BrNO5. The van der Waals surface area contributed by atoms with Crippen LogP contribution in [0.3, 0.4) is 0 Å². The van der Waals surface area contributed by atoms with E-state index in [0.29, 0.717) is 4.47 Å². The summed E-state index contributed by atoms with van der Waals surface area (Å²) in [6.07, 6.45) is 0. The molecule has 0 aromatic heterocycles. The Morgan fingerprint density at radius 3 is 2.65 bits per heavy atom. The Bertz CT molecular complexity index is 732. The molecule has 0 saturated carbocycles. The molecule has 7 heteroatoms. The molecule has 23 heavy (non-hydrogen) atoms. The third-order valence-corrected chi connectivity index (χ3v) is 3.72. The Morgan fingerprint density at radius 1 is 1.22 bits per heavy atom. The van der Waals surface area contributed by atoms with Gasteiger partial charge >= 0.3 is 5.97 Å². The lowest BCUT2D eigenvalue weighted by molar-refractivity contribution is -0.385. The Labute approximate surface area is 141 Å². The van der Waals surface area contributed by atoms with Gasteiger partial charge in [-0.25, -0.2) is 4.79 Å². The first-order chi connectivity index (χ1) is 11.0. The number of halogens is 1. The third-order valence-electron chi connectivity index (χ3n) is 3.05. The molecule has 0 aliphatic rings. The fourth-order valence-electron chi connectivity index (χ4n) is 1.87. The SMILES string of the molecule is Cc1ccccc1OCCOC(=O)c1ccc(Br)c([N+](=O)[O-])c1. The van der Waals surface area contributed by atoms with E-state index in [1.165, 1.54) is 18.2 Å². The molecule has 2 aromatic carbocycles. The third kappa shape index (κ3) is 4.53. The number of carbonyl (C=O) groups is 1. The zero-order valence-corrected chi connectivity index (χ0v) is 13.9. The molecular weight excluding hydrogens is 366 g/mol. The van der Waals surface area contributed by atoms with Crippen LogP contribution < -0.4 is 4.74 Å². The monoisotopic (exact) mass is 379 g/mol. The van der Waals surface area contributed by atoms with Crippen molar-refractivity contribution in [1.82, 2.24) is 0 Å². The minimum Gasteiger partial charge on any atom is -0.490 e. The van der Waals surface area contributed by atoms with Gasteiger partial charge < -0.3 is 9.47 Å². The number of esters is 1. The van der Waals surface area contributed by atoms with E-state index in [9.17, 15) is 14.9 Å². The van der Waals surface area contributed by atoms with Crippen LogP contribution in [0.4, 0.5) is 5.69 Å². The predicted octanol–water partition coefficient (Wildman–Crippen LogP) is 3.90. The molecule has 2 rings (SSSR count). The standard InChI is InChI=1S/C16H14BrNO5/c1-11-4-2-3-5-15(11)22-8-9-23-16(19)12-6-7-13(17)14(10-12)18(20)21/h2-7,10H,8-9H2,1H3. The van der Waals surface area contributed by atoms with Crippen LogP contribution in [0.25, 0.3) is 0 Å². The average molecular weight is 380 g/mol. The molecule has 0 aliphatic heterocycles. The van der Waals surface area contributed by atoms with Crippen molar-refractivity contribution < 1.29 is 19.2 Å². The molecule has 0 aliphatic carbocycles. The molecule has 6 nitrogen and oxygen atoms in total. The van der Waals surface area contributed by atoms with Crippen LogP contribution in [-0.4, -0.2) is 24.1 Å². The number of carbonyl (C=O) groups excluding carboxylic acids is 1. The van der Waals surface area contributed by atoms with E-state index in [0.717, 1.165) is 11.3 Å². The Morgan fingerprint density at radius 2 is 1.96 bits per heavy atom. The first-order valence-electron chi connectivity index (χ1n) is 6.78. The van der Waals surface area contributed by atoms with Crippen LogP contribution in [0.1, 0.15) is 15.9 Å². The van der Waals surface area contributed by atoms with E-state index in [1.54, 1.807) is 0 Å². The molecule has 0 heterocycles. The molecule has 0 unspecified atom stereocenters. The van der Waals surface area contributed by atoms with Gasteiger partial charge in [0.15, 0.2) is 0 Å². The summed E-state index contributed by atoms with van der Waals surface area (Å²) in [6, 6.07) is 11.6. The number of aryl methyl sites for hydroxylation is 1. The van der Waals surface area contributed by atoms with Crippen molar-refractivity contribution in [2.75, 3.05) is 13.2 Å². The lowest BCUT2D eigenvalue weighted by atomic mass is 10.2. The fourth-order valence-corrected chi connectivity index (χ4v) is 2.26. The predicted molar refractivity (Wildman–Crippen MR) is 87.8 cm³/mol. The largest absolute Gasteiger partial charge is 0.490 e. The zero-order valence-electron chi connectivity index (χ0n) is 12.3. The van der Waals surface area contributed by atoms with Crippen LogP contribution in [0.2, 0.25) is 0 Å². The normalized spacial score (nSPS) is 10.2. The van der Waals surface area contributed by atoms with Crippen molar-refractivity contribution in [3.8, 4) is 5.75 Å². The van der Waals surface area contributed by atoms with Crippen molar-refractivity contribution in [1.29, 1.82) is 0 Å². The first-order valence-corrected chi connectivity index (χ1v) is 7.58. The van der Waals surface area contributed by atoms with Crippen molar-refractivity contribution in [3.63, 3.8) is 0 Å². The van der Waals surface area contributed by atoms with Crippen LogP contribution in [0.15, 0.2) is 46.9 Å². The molecule has 0 radical (unpaired) electrons. The smallest absolute Gasteiger partial charge is 0.338 e. The van der Waals surface area contributed by atoms with E-state index >= 15 is 0 Å². The van der Waals surface area contributed by atoms with Crippen molar-refractivity contribution in [3.05, 3.63) is 68.2 Å². The second-order valence-corrected chi connectivity index (χ2v) is 5.53. The molecule has 0 N–H and O–H groups in total. The number of para-hydroxylation sites is 1. The molecule has 0 saturated heterocycles. The van der Waals surface area contributed by atoms with Crippen LogP contribution in [0.5, 0.6) is 5.75 Å². The molecule has 0 bridgehead atoms.